The largest absolute Gasteiger partial charge is 0.327 e. The molecule has 1 N–H and O–H groups in total. The van der Waals surface area contributed by atoms with Gasteiger partial charge in [0.1, 0.15) is 0 Å². The summed E-state index contributed by atoms with van der Waals surface area (Å²) in [7, 11) is 3.89. The Morgan fingerprint density at radius 1 is 1.43 bits per heavy atom. The van der Waals surface area contributed by atoms with Gasteiger partial charge >= 0.3 is 0 Å². The van der Waals surface area contributed by atoms with E-state index in [-0.39, 0.29) is 0 Å². The van der Waals surface area contributed by atoms with Crippen LogP contribution in [0.2, 0.25) is 0 Å². The molecule has 0 heterocycles. The molecule has 2 nitrogen and oxygen atoms in total. The molecule has 0 amide bonds. The van der Waals surface area contributed by atoms with Crippen LogP contribution >= 0.6 is 0 Å². The summed E-state index contributed by atoms with van der Waals surface area (Å²) in [5.74, 6) is 0. The third kappa shape index (κ3) is 5.50. The van der Waals surface area contributed by atoms with Crippen molar-refractivity contribution < 1.29 is 0 Å². The summed E-state index contributed by atoms with van der Waals surface area (Å²) >= 11 is 0. The Hall–Kier alpha value is -0.500. The summed E-state index contributed by atoms with van der Waals surface area (Å²) in [6, 6.07) is 0. The lowest BCUT2D eigenvalue weighted by Gasteiger charge is -2.06. The topological polar surface area (TPSA) is 15.3 Å². The van der Waals surface area contributed by atoms with Crippen LogP contribution in [0, 0.1) is 0 Å². The summed E-state index contributed by atoms with van der Waals surface area (Å²) in [6.07, 6.45) is 3.82. The molecule has 0 saturated carbocycles. The Morgan fingerprint density at radius 2 is 2.00 bits per heavy atom. The molecule has 0 bridgehead atoms. The molecule has 0 radical (unpaired) electrons. The summed E-state index contributed by atoms with van der Waals surface area (Å²) in [6.45, 7) is 1.97. The van der Waals surface area contributed by atoms with Crippen molar-refractivity contribution in [2.75, 3.05) is 14.1 Å². The standard InChI is InChI=1S/C5H12N2/c1-4-5-6-7(2)3/h4-6H,1-3H3/b5-4-. The van der Waals surface area contributed by atoms with E-state index in [1.165, 1.54) is 0 Å². The Labute approximate surface area is 44.8 Å². The monoisotopic (exact) mass is 100 g/mol. The van der Waals surface area contributed by atoms with Crippen molar-refractivity contribution in [3.05, 3.63) is 12.3 Å². The van der Waals surface area contributed by atoms with Gasteiger partial charge in [-0.1, -0.05) is 6.08 Å². The van der Waals surface area contributed by atoms with Crippen LogP contribution in [0.3, 0.4) is 0 Å². The van der Waals surface area contributed by atoms with Gasteiger partial charge in [0.15, 0.2) is 0 Å². The SMILES string of the molecule is C/C=C\NN(C)C. The van der Waals surface area contributed by atoms with E-state index in [4.69, 9.17) is 0 Å². The molecule has 0 unspecified atom stereocenters. The quantitative estimate of drug-likeness (QED) is 0.511. The lowest BCUT2D eigenvalue weighted by molar-refractivity contribution is 0.342. The van der Waals surface area contributed by atoms with Gasteiger partial charge in [0.25, 0.3) is 0 Å². The predicted molar refractivity (Wildman–Crippen MR) is 31.6 cm³/mol. The molecule has 0 aromatic rings. The highest BCUT2D eigenvalue weighted by Crippen LogP contribution is 1.63. The zero-order valence-electron chi connectivity index (χ0n) is 5.10. The minimum Gasteiger partial charge on any atom is -0.327 e. The molecule has 0 spiro atoms. The summed E-state index contributed by atoms with van der Waals surface area (Å²) < 4.78 is 0. The molecule has 42 valence electrons. The first kappa shape index (κ1) is 6.50. The first-order valence-electron chi connectivity index (χ1n) is 2.32. The normalized spacial score (nSPS) is 10.9. The van der Waals surface area contributed by atoms with Crippen LogP contribution in [0.25, 0.3) is 0 Å². The first-order valence-corrected chi connectivity index (χ1v) is 2.32. The molecule has 7 heavy (non-hydrogen) atoms. The van der Waals surface area contributed by atoms with Crippen molar-refractivity contribution in [1.82, 2.24) is 10.4 Å². The van der Waals surface area contributed by atoms with E-state index >= 15 is 0 Å². The summed E-state index contributed by atoms with van der Waals surface area (Å²) in [5, 5.41) is 1.88. The number of hydrogen-bond acceptors (Lipinski definition) is 2. The van der Waals surface area contributed by atoms with E-state index in [2.05, 4.69) is 5.43 Å². The highest BCUT2D eigenvalue weighted by Gasteiger charge is 1.72. The second-order valence-corrected chi connectivity index (χ2v) is 1.52. The second kappa shape index (κ2) is 3.68. The van der Waals surface area contributed by atoms with Gasteiger partial charge in [-0.15, -0.1) is 0 Å². The lowest BCUT2D eigenvalue weighted by Crippen LogP contribution is -2.24. The molecule has 0 fully saturated rings. The molecule has 0 saturated heterocycles. The Kier molecular flexibility index (Phi) is 3.42. The Bertz CT molecular complexity index is 57.1. The lowest BCUT2D eigenvalue weighted by atomic mass is 10.7. The maximum atomic E-state index is 2.95. The molecule has 0 aromatic carbocycles. The predicted octanol–water partition coefficient (Wildman–Crippen LogP) is 0.586. The fourth-order valence-corrected chi connectivity index (χ4v) is 0.224. The average molecular weight is 100 g/mol. The zero-order valence-corrected chi connectivity index (χ0v) is 5.10. The van der Waals surface area contributed by atoms with E-state index in [0.717, 1.165) is 0 Å². The molecule has 0 aliphatic carbocycles. The van der Waals surface area contributed by atoms with Crippen molar-refractivity contribution in [2.45, 2.75) is 6.92 Å². The van der Waals surface area contributed by atoms with Gasteiger partial charge in [-0.2, -0.15) is 0 Å². The number of hydrazine groups is 1. The minimum absolute atomic E-state index is 1.88. The van der Waals surface area contributed by atoms with Gasteiger partial charge in [0.05, 0.1) is 0 Å². The van der Waals surface area contributed by atoms with Crippen molar-refractivity contribution in [2.24, 2.45) is 0 Å². The highest BCUT2D eigenvalue weighted by molar-refractivity contribution is 4.70. The van der Waals surface area contributed by atoms with E-state index in [1.54, 1.807) is 0 Å². The average Bonchev–Trinajstić information content (AvgIpc) is 1.61. The van der Waals surface area contributed by atoms with Crippen molar-refractivity contribution in [1.29, 1.82) is 0 Å². The number of allylic oxidation sites excluding steroid dienone is 1. The van der Waals surface area contributed by atoms with Gasteiger partial charge in [-0.3, -0.25) is 0 Å². The number of nitrogens with one attached hydrogen (secondary N) is 1. The summed E-state index contributed by atoms with van der Waals surface area (Å²) in [4.78, 5) is 0. The second-order valence-electron chi connectivity index (χ2n) is 1.52. The third-order valence-electron chi connectivity index (χ3n) is 0.499. The molecule has 2 heteroatoms. The molecular formula is C5H12N2. The fourth-order valence-electron chi connectivity index (χ4n) is 0.224. The summed E-state index contributed by atoms with van der Waals surface area (Å²) in [5.41, 5.74) is 2.95. The van der Waals surface area contributed by atoms with Gasteiger partial charge in [-0.05, 0) is 6.92 Å². The van der Waals surface area contributed by atoms with Crippen LogP contribution in [-0.2, 0) is 0 Å². The van der Waals surface area contributed by atoms with Crippen LogP contribution < -0.4 is 5.43 Å². The van der Waals surface area contributed by atoms with Crippen molar-refractivity contribution in [3.63, 3.8) is 0 Å². The van der Waals surface area contributed by atoms with Crippen molar-refractivity contribution >= 4 is 0 Å². The molecule has 0 atom stereocenters. The maximum absolute atomic E-state index is 2.95. The van der Waals surface area contributed by atoms with Gasteiger partial charge < -0.3 is 5.43 Å². The van der Waals surface area contributed by atoms with Gasteiger partial charge in [0.2, 0.25) is 0 Å². The molecule has 0 aromatic heterocycles. The molecule has 0 aliphatic heterocycles. The van der Waals surface area contributed by atoms with Crippen LogP contribution in [0.5, 0.6) is 0 Å². The van der Waals surface area contributed by atoms with E-state index in [9.17, 15) is 0 Å². The van der Waals surface area contributed by atoms with E-state index in [0.29, 0.717) is 0 Å². The molecular weight excluding hydrogens is 88.1 g/mol. The maximum Gasteiger partial charge on any atom is 0.00846 e. The van der Waals surface area contributed by atoms with Gasteiger partial charge in [0, 0.05) is 20.3 Å². The third-order valence-corrected chi connectivity index (χ3v) is 0.499. The number of nitrogens with zero attached hydrogens (tertiary/aromatic N) is 1. The zero-order chi connectivity index (χ0) is 5.70. The molecule has 0 aliphatic rings. The molecule has 0 rings (SSSR count). The van der Waals surface area contributed by atoms with Crippen LogP contribution in [0.1, 0.15) is 6.92 Å². The van der Waals surface area contributed by atoms with E-state index < -0.39 is 0 Å². The van der Waals surface area contributed by atoms with Crippen LogP contribution in [0.15, 0.2) is 12.3 Å². The number of rotatable bonds is 2. The van der Waals surface area contributed by atoms with Crippen LogP contribution in [-0.4, -0.2) is 19.1 Å². The van der Waals surface area contributed by atoms with Gasteiger partial charge in [-0.25, -0.2) is 5.01 Å². The number of hydrogen-bond donors (Lipinski definition) is 1. The first-order chi connectivity index (χ1) is 3.27. The van der Waals surface area contributed by atoms with E-state index in [1.807, 2.05) is 38.3 Å². The van der Waals surface area contributed by atoms with Crippen LogP contribution in [0.4, 0.5) is 0 Å². The fraction of sp³-hybridized carbons (Fsp3) is 0.600. The smallest absolute Gasteiger partial charge is 0.00846 e. The minimum atomic E-state index is 1.88. The highest BCUT2D eigenvalue weighted by atomic mass is 15.5. The Morgan fingerprint density at radius 3 is 2.14 bits per heavy atom. The Balaban J connectivity index is 2.97. The van der Waals surface area contributed by atoms with Crippen molar-refractivity contribution in [3.8, 4) is 0 Å².